The molecule has 1 fully saturated rings. The molecule has 0 unspecified atom stereocenters. The lowest BCUT2D eigenvalue weighted by atomic mass is 9.92. The first-order chi connectivity index (χ1) is 14.3. The van der Waals surface area contributed by atoms with Gasteiger partial charge in [0.2, 0.25) is 15.9 Å². The third kappa shape index (κ3) is 4.37. The Bertz CT molecular complexity index is 1090. The second-order valence-electron chi connectivity index (χ2n) is 9.33. The highest BCUT2D eigenvalue weighted by molar-refractivity contribution is 7.94. The number of sulfonamides is 1. The van der Waals surface area contributed by atoms with Crippen molar-refractivity contribution < 1.29 is 18.0 Å². The van der Waals surface area contributed by atoms with Gasteiger partial charge in [-0.05, 0) is 61.1 Å². The topological polar surface area (TPSA) is 83.6 Å². The van der Waals surface area contributed by atoms with Crippen molar-refractivity contribution in [2.75, 3.05) is 15.4 Å². The number of carbonyl (C=O) groups is 2. The molecule has 2 aromatic carbocycles. The summed E-state index contributed by atoms with van der Waals surface area (Å²) in [5, 5.41) is 3.05. The molecule has 0 saturated carbocycles. The van der Waals surface area contributed by atoms with E-state index >= 15 is 0 Å². The maximum atomic E-state index is 13.0. The first kappa shape index (κ1) is 23.0. The summed E-state index contributed by atoms with van der Waals surface area (Å²) in [6.07, 6.45) is 0. The van der Waals surface area contributed by atoms with E-state index in [9.17, 15) is 18.0 Å². The van der Waals surface area contributed by atoms with Gasteiger partial charge in [0, 0.05) is 11.3 Å². The van der Waals surface area contributed by atoms with E-state index in [0.29, 0.717) is 5.56 Å². The van der Waals surface area contributed by atoms with Crippen molar-refractivity contribution in [3.8, 4) is 0 Å². The van der Waals surface area contributed by atoms with Crippen molar-refractivity contribution in [1.29, 1.82) is 0 Å². The van der Waals surface area contributed by atoms with Gasteiger partial charge in [-0.2, -0.15) is 0 Å². The number of nitrogens with zero attached hydrogens (tertiary/aromatic N) is 1. The molecular weight excluding hydrogens is 412 g/mol. The molecule has 0 spiro atoms. The fourth-order valence-corrected chi connectivity index (χ4v) is 6.00. The van der Waals surface area contributed by atoms with Crippen LogP contribution in [0.5, 0.6) is 0 Å². The highest BCUT2D eigenvalue weighted by atomic mass is 32.2. The molecule has 1 saturated heterocycles. The monoisotopic (exact) mass is 442 g/mol. The van der Waals surface area contributed by atoms with Gasteiger partial charge in [-0.25, -0.2) is 12.7 Å². The van der Waals surface area contributed by atoms with Crippen LogP contribution in [0.25, 0.3) is 0 Å². The predicted octanol–water partition coefficient (Wildman–Crippen LogP) is 4.89. The lowest BCUT2D eigenvalue weighted by Gasteiger charge is -2.20. The van der Waals surface area contributed by atoms with Crippen molar-refractivity contribution in [3.05, 3.63) is 59.2 Å². The van der Waals surface area contributed by atoms with E-state index in [1.165, 1.54) is 12.1 Å². The summed E-state index contributed by atoms with van der Waals surface area (Å²) in [5.74, 6) is -0.489. The number of benzene rings is 2. The smallest absolute Gasteiger partial charge is 0.255 e. The molecule has 1 heterocycles. The van der Waals surface area contributed by atoms with E-state index in [2.05, 4.69) is 33.0 Å². The standard InChI is InChI=1S/C24H30N2O4S/c1-15(2)19-8-7-9-20(16(3)4)21(19)25-22(27)17-10-12-18(13-11-17)26-23(28)24(5,6)14-31(26,29)30/h7-13,15-16H,14H2,1-6H3,(H,25,27). The fraction of sp³-hybridized carbons (Fsp3) is 0.417. The SMILES string of the molecule is CC(C)c1cccc(C(C)C)c1NC(=O)c1ccc(N2C(=O)C(C)(C)CS2(=O)=O)cc1. The van der Waals surface area contributed by atoms with E-state index in [1.807, 2.05) is 18.2 Å². The molecule has 7 heteroatoms. The molecule has 31 heavy (non-hydrogen) atoms. The van der Waals surface area contributed by atoms with Crippen LogP contribution in [0.4, 0.5) is 11.4 Å². The summed E-state index contributed by atoms with van der Waals surface area (Å²) in [4.78, 5) is 25.6. The second-order valence-corrected chi connectivity index (χ2v) is 11.1. The lowest BCUT2D eigenvalue weighted by Crippen LogP contribution is -2.32. The van der Waals surface area contributed by atoms with Crippen LogP contribution in [0.2, 0.25) is 0 Å². The van der Waals surface area contributed by atoms with Crippen LogP contribution in [0.3, 0.4) is 0 Å². The normalized spacial score (nSPS) is 17.4. The molecule has 1 aliphatic heterocycles. The largest absolute Gasteiger partial charge is 0.321 e. The Labute approximate surface area is 184 Å². The van der Waals surface area contributed by atoms with Gasteiger partial charge in [-0.3, -0.25) is 9.59 Å². The number of hydrogen-bond acceptors (Lipinski definition) is 4. The quantitative estimate of drug-likeness (QED) is 0.715. The lowest BCUT2D eigenvalue weighted by molar-refractivity contribution is -0.123. The molecule has 0 radical (unpaired) electrons. The first-order valence-corrected chi connectivity index (χ1v) is 12.1. The Balaban J connectivity index is 1.90. The zero-order valence-corrected chi connectivity index (χ0v) is 19.7. The molecule has 2 aromatic rings. The fourth-order valence-electron chi connectivity index (χ4n) is 3.89. The van der Waals surface area contributed by atoms with Gasteiger partial charge >= 0.3 is 0 Å². The number of carbonyl (C=O) groups excluding carboxylic acids is 2. The Morgan fingerprint density at radius 2 is 1.48 bits per heavy atom. The van der Waals surface area contributed by atoms with Crippen LogP contribution in [0, 0.1) is 5.41 Å². The van der Waals surface area contributed by atoms with Gasteiger partial charge in [0.1, 0.15) is 0 Å². The summed E-state index contributed by atoms with van der Waals surface area (Å²) in [5.41, 5.74) is 2.61. The van der Waals surface area contributed by atoms with E-state index in [0.717, 1.165) is 21.1 Å². The van der Waals surface area contributed by atoms with Gasteiger partial charge < -0.3 is 5.32 Å². The van der Waals surface area contributed by atoms with E-state index in [-0.39, 0.29) is 29.2 Å². The Morgan fingerprint density at radius 3 is 1.90 bits per heavy atom. The number of rotatable bonds is 5. The van der Waals surface area contributed by atoms with Crippen LogP contribution < -0.4 is 9.62 Å². The minimum Gasteiger partial charge on any atom is -0.321 e. The van der Waals surface area contributed by atoms with Crippen LogP contribution in [0.1, 0.15) is 74.9 Å². The third-order valence-electron chi connectivity index (χ3n) is 5.56. The Kier molecular flexibility index (Phi) is 6.02. The van der Waals surface area contributed by atoms with E-state index < -0.39 is 21.3 Å². The van der Waals surface area contributed by atoms with Crippen molar-refractivity contribution in [2.24, 2.45) is 5.41 Å². The van der Waals surface area contributed by atoms with Gasteiger partial charge in [-0.15, -0.1) is 0 Å². The number of amides is 2. The summed E-state index contributed by atoms with van der Waals surface area (Å²) < 4.78 is 25.8. The first-order valence-electron chi connectivity index (χ1n) is 10.5. The minimum atomic E-state index is -3.73. The van der Waals surface area contributed by atoms with Gasteiger partial charge in [-0.1, -0.05) is 45.9 Å². The Morgan fingerprint density at radius 1 is 0.968 bits per heavy atom. The molecule has 1 N–H and O–H groups in total. The third-order valence-corrected chi connectivity index (χ3v) is 7.58. The molecule has 0 bridgehead atoms. The summed E-state index contributed by atoms with van der Waals surface area (Å²) >= 11 is 0. The highest BCUT2D eigenvalue weighted by Crippen LogP contribution is 2.36. The summed E-state index contributed by atoms with van der Waals surface area (Å²) in [6, 6.07) is 12.1. The average Bonchev–Trinajstić information content (AvgIpc) is 2.84. The number of hydrogen-bond donors (Lipinski definition) is 1. The number of anilines is 2. The summed E-state index contributed by atoms with van der Waals surface area (Å²) in [7, 11) is -3.73. The molecule has 0 atom stereocenters. The number of para-hydroxylation sites is 1. The van der Waals surface area contributed by atoms with Gasteiger partial charge in [0.05, 0.1) is 16.9 Å². The molecule has 6 nitrogen and oxygen atoms in total. The highest BCUT2D eigenvalue weighted by Gasteiger charge is 2.49. The van der Waals surface area contributed by atoms with Crippen LogP contribution >= 0.6 is 0 Å². The summed E-state index contributed by atoms with van der Waals surface area (Å²) in [6.45, 7) is 11.6. The number of nitrogens with one attached hydrogen (secondary N) is 1. The van der Waals surface area contributed by atoms with Gasteiger partial charge in [0.15, 0.2) is 0 Å². The van der Waals surface area contributed by atoms with Crippen LogP contribution in [0.15, 0.2) is 42.5 Å². The molecule has 1 aliphatic rings. The Hall–Kier alpha value is -2.67. The van der Waals surface area contributed by atoms with Crippen molar-refractivity contribution in [3.63, 3.8) is 0 Å². The molecule has 0 aromatic heterocycles. The minimum absolute atomic E-state index is 0.231. The van der Waals surface area contributed by atoms with Crippen molar-refractivity contribution >= 4 is 33.2 Å². The maximum Gasteiger partial charge on any atom is 0.255 e. The average molecular weight is 443 g/mol. The second kappa shape index (κ2) is 8.11. The predicted molar refractivity (Wildman–Crippen MR) is 124 cm³/mol. The van der Waals surface area contributed by atoms with Crippen LogP contribution in [-0.4, -0.2) is 26.0 Å². The molecule has 2 amide bonds. The van der Waals surface area contributed by atoms with Crippen molar-refractivity contribution in [1.82, 2.24) is 0 Å². The molecule has 0 aliphatic carbocycles. The zero-order chi connectivity index (χ0) is 23.1. The zero-order valence-electron chi connectivity index (χ0n) is 18.9. The van der Waals surface area contributed by atoms with E-state index in [1.54, 1.807) is 26.0 Å². The van der Waals surface area contributed by atoms with E-state index in [4.69, 9.17) is 0 Å². The molecule has 166 valence electrons. The molecular formula is C24H30N2O4S. The van der Waals surface area contributed by atoms with Crippen LogP contribution in [-0.2, 0) is 14.8 Å². The maximum absolute atomic E-state index is 13.0. The van der Waals surface area contributed by atoms with Crippen molar-refractivity contribution in [2.45, 2.75) is 53.4 Å². The molecule has 3 rings (SSSR count). The van der Waals surface area contributed by atoms with Gasteiger partial charge in [0.25, 0.3) is 5.91 Å².